The van der Waals surface area contributed by atoms with E-state index in [4.69, 9.17) is 0 Å². The van der Waals surface area contributed by atoms with Gasteiger partial charge in [-0.15, -0.1) is 0 Å². The highest BCUT2D eigenvalue weighted by atomic mass is 32.2. The molecule has 1 heterocycles. The molecule has 0 aromatic heterocycles. The number of halogens is 6. The molecule has 0 unspecified atom stereocenters. The summed E-state index contributed by atoms with van der Waals surface area (Å²) < 4.78 is 103. The van der Waals surface area contributed by atoms with Gasteiger partial charge in [0.25, 0.3) is 5.91 Å². The third-order valence-electron chi connectivity index (χ3n) is 7.08. The van der Waals surface area contributed by atoms with Gasteiger partial charge in [-0.3, -0.25) is 9.59 Å². The zero-order valence-electron chi connectivity index (χ0n) is 20.1. The highest BCUT2D eigenvalue weighted by Crippen LogP contribution is 2.53. The molecule has 14 heteroatoms. The number of carbonyl (C=O) groups is 2. The Morgan fingerprint density at radius 3 is 2.14 bits per heavy atom. The van der Waals surface area contributed by atoms with E-state index >= 15 is 0 Å². The zero-order chi connectivity index (χ0) is 27.6. The molecule has 2 amide bonds. The molecular weight excluding hydrogens is 528 g/mol. The number of benzene rings is 1. The van der Waals surface area contributed by atoms with Crippen LogP contribution in [-0.2, 0) is 20.8 Å². The van der Waals surface area contributed by atoms with Crippen LogP contribution in [0.1, 0.15) is 48.0 Å². The van der Waals surface area contributed by atoms with Crippen molar-refractivity contribution in [2.45, 2.75) is 49.4 Å². The Labute approximate surface area is 210 Å². The maximum atomic E-state index is 13.2. The van der Waals surface area contributed by atoms with E-state index in [1.807, 2.05) is 4.90 Å². The molecule has 1 saturated heterocycles. The lowest BCUT2D eigenvalue weighted by Crippen LogP contribution is -2.55. The van der Waals surface area contributed by atoms with E-state index < -0.39 is 55.4 Å². The number of hydrogen-bond acceptors (Lipinski definition) is 5. The molecule has 37 heavy (non-hydrogen) atoms. The molecule has 3 rings (SSSR count). The molecule has 208 valence electrons. The molecule has 0 bridgehead atoms. The van der Waals surface area contributed by atoms with E-state index in [0.29, 0.717) is 51.0 Å². The fraction of sp³-hybridized carbons (Fsp3) is 0.652. The van der Waals surface area contributed by atoms with Crippen LogP contribution in [-0.4, -0.2) is 70.3 Å². The molecule has 1 aromatic carbocycles. The Kier molecular flexibility index (Phi) is 8.52. The monoisotopic (exact) mass is 557 g/mol. The average molecular weight is 558 g/mol. The van der Waals surface area contributed by atoms with Crippen LogP contribution in [0.4, 0.5) is 26.3 Å². The summed E-state index contributed by atoms with van der Waals surface area (Å²) >= 11 is 0. The lowest BCUT2D eigenvalue weighted by atomic mass is 9.67. The number of amides is 2. The summed E-state index contributed by atoms with van der Waals surface area (Å²) in [4.78, 5) is 26.0. The predicted molar refractivity (Wildman–Crippen MR) is 121 cm³/mol. The van der Waals surface area contributed by atoms with E-state index in [9.17, 15) is 44.3 Å². The van der Waals surface area contributed by atoms with Crippen LogP contribution in [0.25, 0.3) is 0 Å². The minimum absolute atomic E-state index is 0.0124. The summed E-state index contributed by atoms with van der Waals surface area (Å²) in [5.41, 5.74) is -3.93. The first-order valence-corrected chi connectivity index (χ1v) is 13.7. The largest absolute Gasteiger partial charge is 0.416 e. The van der Waals surface area contributed by atoms with Crippen LogP contribution >= 0.6 is 0 Å². The van der Waals surface area contributed by atoms with Gasteiger partial charge in [-0.2, -0.15) is 26.3 Å². The van der Waals surface area contributed by atoms with Crippen LogP contribution < -0.4 is 10.6 Å². The standard InChI is InChI=1S/C23H29F6N3O4S/c1-37(35,36)18-12-16(11-17(13-18)22(24,25)26)19(33)31-14-15-3-8-32(9-4-15)10-7-30-20(34)21(5-2-6-21)23(27,28)29/h11-13,15H,2-10,14H2,1H3,(H,30,34)(H,31,33). The molecule has 2 fully saturated rings. The van der Waals surface area contributed by atoms with Gasteiger partial charge >= 0.3 is 12.4 Å². The Balaban J connectivity index is 1.46. The molecule has 1 aliphatic carbocycles. The summed E-state index contributed by atoms with van der Waals surface area (Å²) in [5.74, 6) is -1.80. The van der Waals surface area contributed by atoms with Crippen molar-refractivity contribution in [3.8, 4) is 0 Å². The molecule has 7 nitrogen and oxygen atoms in total. The van der Waals surface area contributed by atoms with Crippen molar-refractivity contribution in [3.05, 3.63) is 29.3 Å². The number of rotatable bonds is 8. The van der Waals surface area contributed by atoms with Crippen LogP contribution in [0.3, 0.4) is 0 Å². The number of likely N-dealkylation sites (tertiary alicyclic amines) is 1. The third kappa shape index (κ3) is 6.95. The minimum atomic E-state index is -4.83. The first-order valence-electron chi connectivity index (χ1n) is 11.8. The maximum Gasteiger partial charge on any atom is 0.416 e. The number of nitrogens with zero attached hydrogens (tertiary/aromatic N) is 1. The van der Waals surface area contributed by atoms with Gasteiger partial charge in [0.05, 0.1) is 10.5 Å². The van der Waals surface area contributed by atoms with Gasteiger partial charge in [-0.25, -0.2) is 8.42 Å². The molecule has 2 N–H and O–H groups in total. The predicted octanol–water partition coefficient (Wildman–Crippen LogP) is 3.40. The Morgan fingerprint density at radius 1 is 1.03 bits per heavy atom. The highest BCUT2D eigenvalue weighted by Gasteiger charge is 2.63. The van der Waals surface area contributed by atoms with Crippen molar-refractivity contribution in [1.29, 1.82) is 0 Å². The van der Waals surface area contributed by atoms with Crippen molar-refractivity contribution in [3.63, 3.8) is 0 Å². The van der Waals surface area contributed by atoms with Gasteiger partial charge in [-0.1, -0.05) is 6.42 Å². The van der Waals surface area contributed by atoms with E-state index in [1.54, 1.807) is 0 Å². The van der Waals surface area contributed by atoms with Crippen LogP contribution in [0, 0.1) is 11.3 Å². The first-order chi connectivity index (χ1) is 17.0. The molecular formula is C23H29F6N3O4S. The molecule has 0 radical (unpaired) electrons. The van der Waals surface area contributed by atoms with E-state index in [0.717, 1.165) is 12.3 Å². The van der Waals surface area contributed by atoms with Crippen molar-refractivity contribution in [2.24, 2.45) is 11.3 Å². The van der Waals surface area contributed by atoms with Gasteiger partial charge in [0, 0.05) is 31.5 Å². The third-order valence-corrected chi connectivity index (χ3v) is 8.17. The molecule has 1 aromatic rings. The molecule has 2 aliphatic rings. The summed E-state index contributed by atoms with van der Waals surface area (Å²) in [7, 11) is -3.98. The lowest BCUT2D eigenvalue weighted by molar-refractivity contribution is -0.243. The average Bonchev–Trinajstić information content (AvgIpc) is 2.75. The van der Waals surface area contributed by atoms with Crippen LogP contribution in [0.15, 0.2) is 23.1 Å². The number of alkyl halides is 6. The van der Waals surface area contributed by atoms with Gasteiger partial charge in [0.1, 0.15) is 5.41 Å². The first kappa shape index (κ1) is 29.2. The van der Waals surface area contributed by atoms with Gasteiger partial charge in [0.15, 0.2) is 9.84 Å². The topological polar surface area (TPSA) is 95.6 Å². The lowest BCUT2D eigenvalue weighted by Gasteiger charge is -2.41. The van der Waals surface area contributed by atoms with E-state index in [-0.39, 0.29) is 31.8 Å². The molecule has 1 aliphatic heterocycles. The second-order valence-electron chi connectivity index (χ2n) is 9.70. The molecule has 0 atom stereocenters. The zero-order valence-corrected chi connectivity index (χ0v) is 21.0. The number of piperidine rings is 1. The van der Waals surface area contributed by atoms with Crippen molar-refractivity contribution < 1.29 is 44.3 Å². The maximum absolute atomic E-state index is 13.2. The van der Waals surface area contributed by atoms with Crippen molar-refractivity contribution in [2.75, 3.05) is 39.0 Å². The molecule has 0 spiro atoms. The SMILES string of the molecule is CS(=O)(=O)c1cc(C(=O)NCC2CCN(CCNC(=O)C3(C(F)(F)F)CCC3)CC2)cc(C(F)(F)F)c1. The number of nitrogens with one attached hydrogen (secondary N) is 2. The van der Waals surface area contributed by atoms with E-state index in [2.05, 4.69) is 10.6 Å². The van der Waals surface area contributed by atoms with Crippen molar-refractivity contribution in [1.82, 2.24) is 15.5 Å². The van der Waals surface area contributed by atoms with E-state index in [1.165, 1.54) is 0 Å². The van der Waals surface area contributed by atoms with Gasteiger partial charge in [-0.05, 0) is 62.9 Å². The smallest absolute Gasteiger partial charge is 0.354 e. The summed E-state index contributed by atoms with van der Waals surface area (Å²) in [5, 5.41) is 4.96. The Morgan fingerprint density at radius 2 is 1.65 bits per heavy atom. The summed E-state index contributed by atoms with van der Waals surface area (Å²) in [6, 6.07) is 2.00. The van der Waals surface area contributed by atoms with Crippen LogP contribution in [0.2, 0.25) is 0 Å². The number of sulfone groups is 1. The second-order valence-corrected chi connectivity index (χ2v) is 11.7. The normalized spacial score (nSPS) is 19.2. The highest BCUT2D eigenvalue weighted by molar-refractivity contribution is 7.90. The van der Waals surface area contributed by atoms with Gasteiger partial charge in [0.2, 0.25) is 5.91 Å². The summed E-state index contributed by atoms with van der Waals surface area (Å²) in [6.07, 6.45) is -7.43. The fourth-order valence-corrected chi connectivity index (χ4v) is 5.21. The van der Waals surface area contributed by atoms with Crippen molar-refractivity contribution >= 4 is 21.7 Å². The fourth-order valence-electron chi connectivity index (χ4n) is 4.53. The number of carbonyl (C=O) groups excluding carboxylic acids is 2. The minimum Gasteiger partial charge on any atom is -0.354 e. The Bertz CT molecular complexity index is 1110. The second kappa shape index (κ2) is 10.8. The Hall–Kier alpha value is -2.35. The van der Waals surface area contributed by atoms with Gasteiger partial charge < -0.3 is 15.5 Å². The quantitative estimate of drug-likeness (QED) is 0.478. The van der Waals surface area contributed by atoms with Crippen LogP contribution in [0.5, 0.6) is 0 Å². The summed E-state index contributed by atoms with van der Waals surface area (Å²) in [6.45, 7) is 1.76. The molecule has 1 saturated carbocycles. The number of hydrogen-bond donors (Lipinski definition) is 2.